The number of carbonyl (C=O) groups excluding carboxylic acids is 1. The number of hydrogen-bond donors (Lipinski definition) is 1. The highest BCUT2D eigenvalue weighted by Crippen LogP contribution is 2.27. The fourth-order valence-electron chi connectivity index (χ4n) is 1.96. The molecule has 0 bridgehead atoms. The van der Waals surface area contributed by atoms with Gasteiger partial charge in [0.1, 0.15) is 5.78 Å². The molecule has 0 radical (unpaired) electrons. The first-order valence-electron chi connectivity index (χ1n) is 5.76. The van der Waals surface area contributed by atoms with Gasteiger partial charge in [-0.1, -0.05) is 36.2 Å². The van der Waals surface area contributed by atoms with Crippen molar-refractivity contribution < 1.29 is 4.79 Å². The van der Waals surface area contributed by atoms with E-state index in [-0.39, 0.29) is 11.7 Å². The summed E-state index contributed by atoms with van der Waals surface area (Å²) in [5.41, 5.74) is 0.750. The van der Waals surface area contributed by atoms with E-state index in [2.05, 4.69) is 5.32 Å². The molecule has 1 aromatic rings. The van der Waals surface area contributed by atoms with E-state index in [1.807, 2.05) is 6.92 Å². The van der Waals surface area contributed by atoms with Crippen molar-refractivity contribution in [1.29, 1.82) is 0 Å². The lowest BCUT2D eigenvalue weighted by molar-refractivity contribution is -0.123. The molecule has 1 aromatic carbocycles. The van der Waals surface area contributed by atoms with Gasteiger partial charge >= 0.3 is 0 Å². The third kappa shape index (κ3) is 2.82. The predicted octanol–water partition coefficient (Wildman–Crippen LogP) is 2.96. The van der Waals surface area contributed by atoms with Gasteiger partial charge in [-0.3, -0.25) is 4.79 Å². The van der Waals surface area contributed by atoms with E-state index in [0.717, 1.165) is 18.7 Å². The lowest BCUT2D eigenvalue weighted by Crippen LogP contribution is -2.47. The summed E-state index contributed by atoms with van der Waals surface area (Å²) in [5, 5.41) is 4.33. The Bertz CT molecular complexity index is 409. The summed E-state index contributed by atoms with van der Waals surface area (Å²) in [7, 11) is 0. The second-order valence-electron chi connectivity index (χ2n) is 4.55. The minimum Gasteiger partial charge on any atom is -0.316 e. The molecule has 1 aliphatic rings. The smallest absolute Gasteiger partial charge is 0.140 e. The quantitative estimate of drug-likeness (QED) is 0.913. The zero-order valence-electron chi connectivity index (χ0n) is 9.67. The highest BCUT2D eigenvalue weighted by molar-refractivity contribution is 6.36. The Morgan fingerprint density at radius 2 is 2.00 bits per heavy atom. The van der Waals surface area contributed by atoms with Gasteiger partial charge in [-0.25, -0.2) is 0 Å². The molecule has 0 spiro atoms. The van der Waals surface area contributed by atoms with Crippen molar-refractivity contribution in [3.8, 4) is 0 Å². The van der Waals surface area contributed by atoms with E-state index in [1.165, 1.54) is 0 Å². The average Bonchev–Trinajstić information content (AvgIpc) is 2.21. The molecular formula is C13H15Cl2NO. The Balaban J connectivity index is 2.07. The zero-order valence-corrected chi connectivity index (χ0v) is 11.2. The number of rotatable bonds is 4. The van der Waals surface area contributed by atoms with Crippen LogP contribution in [0.2, 0.25) is 10.0 Å². The van der Waals surface area contributed by atoms with Crippen molar-refractivity contribution in [3.63, 3.8) is 0 Å². The van der Waals surface area contributed by atoms with Gasteiger partial charge in [-0.2, -0.15) is 0 Å². The SMILES string of the molecule is CC(C(=O)Cc1c(Cl)cccc1Cl)C1CNC1. The Hall–Kier alpha value is -0.570. The fraction of sp³-hybridized carbons (Fsp3) is 0.462. The first-order chi connectivity index (χ1) is 8.09. The molecule has 1 saturated heterocycles. The molecule has 1 aliphatic heterocycles. The van der Waals surface area contributed by atoms with Crippen LogP contribution in [0.25, 0.3) is 0 Å². The third-order valence-corrected chi connectivity index (χ3v) is 4.15. The molecule has 2 rings (SSSR count). The Morgan fingerprint density at radius 1 is 1.41 bits per heavy atom. The zero-order chi connectivity index (χ0) is 12.4. The summed E-state index contributed by atoms with van der Waals surface area (Å²) in [6.45, 7) is 3.85. The van der Waals surface area contributed by atoms with Gasteiger partial charge in [0.15, 0.2) is 0 Å². The van der Waals surface area contributed by atoms with Crippen molar-refractivity contribution in [2.45, 2.75) is 13.3 Å². The van der Waals surface area contributed by atoms with Crippen LogP contribution in [-0.4, -0.2) is 18.9 Å². The number of nitrogens with one attached hydrogen (secondary N) is 1. The second-order valence-corrected chi connectivity index (χ2v) is 5.36. The Labute approximate surface area is 111 Å². The summed E-state index contributed by atoms with van der Waals surface area (Å²) < 4.78 is 0. The molecule has 0 aromatic heterocycles. The summed E-state index contributed by atoms with van der Waals surface area (Å²) in [6.07, 6.45) is 0.330. The molecule has 1 atom stereocenters. The number of ketones is 1. The van der Waals surface area contributed by atoms with Gasteiger partial charge in [0, 0.05) is 22.4 Å². The minimum absolute atomic E-state index is 0.0728. The van der Waals surface area contributed by atoms with E-state index in [0.29, 0.717) is 22.4 Å². The summed E-state index contributed by atoms with van der Waals surface area (Å²) in [6, 6.07) is 5.33. The highest BCUT2D eigenvalue weighted by atomic mass is 35.5. The summed E-state index contributed by atoms with van der Waals surface area (Å²) in [5.74, 6) is 0.749. The summed E-state index contributed by atoms with van der Waals surface area (Å²) in [4.78, 5) is 12.1. The molecule has 2 nitrogen and oxygen atoms in total. The lowest BCUT2D eigenvalue weighted by Gasteiger charge is -2.31. The number of benzene rings is 1. The van der Waals surface area contributed by atoms with Crippen LogP contribution < -0.4 is 5.32 Å². The molecule has 92 valence electrons. The normalized spacial score (nSPS) is 17.6. The molecule has 1 N–H and O–H groups in total. The topological polar surface area (TPSA) is 29.1 Å². The van der Waals surface area contributed by atoms with Gasteiger partial charge < -0.3 is 5.32 Å². The van der Waals surface area contributed by atoms with Crippen LogP contribution in [0, 0.1) is 11.8 Å². The molecule has 0 amide bonds. The van der Waals surface area contributed by atoms with E-state index in [4.69, 9.17) is 23.2 Å². The van der Waals surface area contributed by atoms with Crippen LogP contribution in [0.4, 0.5) is 0 Å². The molecule has 4 heteroatoms. The highest BCUT2D eigenvalue weighted by Gasteiger charge is 2.29. The van der Waals surface area contributed by atoms with Gasteiger partial charge in [0.05, 0.1) is 0 Å². The monoisotopic (exact) mass is 271 g/mol. The van der Waals surface area contributed by atoms with Crippen LogP contribution >= 0.6 is 23.2 Å². The van der Waals surface area contributed by atoms with E-state index in [9.17, 15) is 4.79 Å². The predicted molar refractivity (Wildman–Crippen MR) is 70.7 cm³/mol. The molecule has 1 heterocycles. The average molecular weight is 272 g/mol. The van der Waals surface area contributed by atoms with Gasteiger partial charge in [0.25, 0.3) is 0 Å². The standard InChI is InChI=1S/C13H15Cl2NO/c1-8(9-6-16-7-9)13(17)5-10-11(14)3-2-4-12(10)15/h2-4,8-9,16H,5-7H2,1H3. The van der Waals surface area contributed by atoms with Crippen LogP contribution in [-0.2, 0) is 11.2 Å². The van der Waals surface area contributed by atoms with Crippen molar-refractivity contribution in [1.82, 2.24) is 5.32 Å². The molecular weight excluding hydrogens is 257 g/mol. The van der Waals surface area contributed by atoms with Crippen molar-refractivity contribution in [2.24, 2.45) is 11.8 Å². The van der Waals surface area contributed by atoms with Crippen LogP contribution in [0.15, 0.2) is 18.2 Å². The van der Waals surface area contributed by atoms with Crippen LogP contribution in [0.3, 0.4) is 0 Å². The number of carbonyl (C=O) groups is 1. The number of halogens is 2. The molecule has 1 unspecified atom stereocenters. The van der Waals surface area contributed by atoms with Crippen LogP contribution in [0.5, 0.6) is 0 Å². The lowest BCUT2D eigenvalue weighted by atomic mass is 9.84. The molecule has 17 heavy (non-hydrogen) atoms. The second kappa shape index (κ2) is 5.38. The fourth-order valence-corrected chi connectivity index (χ4v) is 2.49. The molecule has 0 aliphatic carbocycles. The summed E-state index contributed by atoms with van der Waals surface area (Å²) >= 11 is 12.1. The van der Waals surface area contributed by atoms with Crippen LogP contribution in [0.1, 0.15) is 12.5 Å². The minimum atomic E-state index is 0.0728. The number of Topliss-reactive ketones (excluding diaryl/α,β-unsaturated/α-hetero) is 1. The largest absolute Gasteiger partial charge is 0.316 e. The van der Waals surface area contributed by atoms with E-state index < -0.39 is 0 Å². The molecule has 0 saturated carbocycles. The van der Waals surface area contributed by atoms with E-state index >= 15 is 0 Å². The first-order valence-corrected chi connectivity index (χ1v) is 6.51. The maximum atomic E-state index is 12.1. The Morgan fingerprint density at radius 3 is 2.47 bits per heavy atom. The first kappa shape index (κ1) is 12.9. The van der Waals surface area contributed by atoms with Gasteiger partial charge in [-0.05, 0) is 36.7 Å². The maximum Gasteiger partial charge on any atom is 0.140 e. The van der Waals surface area contributed by atoms with Crippen molar-refractivity contribution >= 4 is 29.0 Å². The van der Waals surface area contributed by atoms with Gasteiger partial charge in [-0.15, -0.1) is 0 Å². The van der Waals surface area contributed by atoms with Crippen molar-refractivity contribution in [3.05, 3.63) is 33.8 Å². The van der Waals surface area contributed by atoms with Crippen molar-refractivity contribution in [2.75, 3.05) is 13.1 Å². The van der Waals surface area contributed by atoms with E-state index in [1.54, 1.807) is 18.2 Å². The third-order valence-electron chi connectivity index (χ3n) is 3.44. The van der Waals surface area contributed by atoms with Gasteiger partial charge in [0.2, 0.25) is 0 Å². The maximum absolute atomic E-state index is 12.1. The molecule has 1 fully saturated rings. The number of hydrogen-bond acceptors (Lipinski definition) is 2. The Kier molecular flexibility index (Phi) is 4.08.